The second-order valence-corrected chi connectivity index (χ2v) is 4.64. The summed E-state index contributed by atoms with van der Waals surface area (Å²) in [5.41, 5.74) is -0.931. The summed E-state index contributed by atoms with van der Waals surface area (Å²) < 4.78 is 29.9. The van der Waals surface area contributed by atoms with Gasteiger partial charge in [0.25, 0.3) is 10.1 Å². The summed E-state index contributed by atoms with van der Waals surface area (Å²) in [6.45, 7) is 1.44. The van der Waals surface area contributed by atoms with Crippen LogP contribution >= 0.6 is 0 Å². The minimum Gasteiger partial charge on any atom is -0.372 e. The van der Waals surface area contributed by atoms with Crippen LogP contribution in [0, 0.1) is 0 Å². The van der Waals surface area contributed by atoms with Crippen LogP contribution in [-0.4, -0.2) is 23.5 Å². The van der Waals surface area contributed by atoms with Gasteiger partial charge in [0.15, 0.2) is 0 Å². The van der Waals surface area contributed by atoms with Gasteiger partial charge in [-0.05, 0) is 18.1 Å². The zero-order chi connectivity index (χ0) is 11.5. The lowest BCUT2D eigenvalue weighted by molar-refractivity contribution is 0.266. The highest BCUT2D eigenvalue weighted by molar-refractivity contribution is 7.86. The Balaban J connectivity index is 2.95. The number of rotatable bonds is 3. The molecule has 0 radical (unpaired) electrons. The van der Waals surface area contributed by atoms with Gasteiger partial charge in [0.2, 0.25) is 5.44 Å². The molecule has 1 rings (SSSR count). The molecule has 0 saturated heterocycles. The smallest absolute Gasteiger partial charge is 0.296 e. The molecular formula is C10H12O4S. The maximum atomic E-state index is 10.6. The van der Waals surface area contributed by atoms with Gasteiger partial charge in [-0.15, -0.1) is 0 Å². The van der Waals surface area contributed by atoms with Crippen molar-refractivity contribution in [3.05, 3.63) is 41.5 Å². The topological polar surface area (TPSA) is 74.6 Å². The molecule has 0 saturated carbocycles. The zero-order valence-corrected chi connectivity index (χ0v) is 8.98. The van der Waals surface area contributed by atoms with Crippen LogP contribution in [0.25, 0.3) is 6.08 Å². The average molecular weight is 228 g/mol. The van der Waals surface area contributed by atoms with Crippen molar-refractivity contribution >= 4 is 16.2 Å². The van der Waals surface area contributed by atoms with Gasteiger partial charge in [-0.1, -0.05) is 36.4 Å². The maximum Gasteiger partial charge on any atom is 0.296 e. The molecule has 0 aromatic heterocycles. The first kappa shape index (κ1) is 11.9. The minimum absolute atomic E-state index is 0.170. The summed E-state index contributed by atoms with van der Waals surface area (Å²) in [4.78, 5) is 0. The standard InChI is InChI=1S/C10H12O4S/c1-8(10(11)15(12,13)14)7-9-5-3-2-4-6-9/h2-7,10-11H,1H3,(H,12,13,14)/b8-7+/t10-/m1/s1. The Morgan fingerprint density at radius 2 is 1.87 bits per heavy atom. The summed E-state index contributed by atoms with van der Waals surface area (Å²) in [5.74, 6) is 0. The molecule has 0 bridgehead atoms. The highest BCUT2D eigenvalue weighted by Crippen LogP contribution is 2.12. The van der Waals surface area contributed by atoms with Gasteiger partial charge in [0, 0.05) is 0 Å². The van der Waals surface area contributed by atoms with Gasteiger partial charge in [-0.2, -0.15) is 8.42 Å². The lowest BCUT2D eigenvalue weighted by Crippen LogP contribution is -2.20. The third-order valence-corrected chi connectivity index (χ3v) is 2.80. The Labute approximate surface area is 88.6 Å². The molecule has 0 spiro atoms. The average Bonchev–Trinajstić information content (AvgIpc) is 2.16. The fraction of sp³-hybridized carbons (Fsp3) is 0.200. The predicted octanol–water partition coefficient (Wildman–Crippen LogP) is 1.30. The Hall–Kier alpha value is -1.17. The molecule has 1 aromatic rings. The summed E-state index contributed by atoms with van der Waals surface area (Å²) >= 11 is 0. The van der Waals surface area contributed by atoms with Crippen molar-refractivity contribution in [3.63, 3.8) is 0 Å². The first-order chi connectivity index (χ1) is 6.91. The predicted molar refractivity (Wildman–Crippen MR) is 57.6 cm³/mol. The van der Waals surface area contributed by atoms with Crippen LogP contribution in [0.3, 0.4) is 0 Å². The molecule has 0 aliphatic rings. The summed E-state index contributed by atoms with van der Waals surface area (Å²) in [7, 11) is -4.43. The fourth-order valence-electron chi connectivity index (χ4n) is 1.12. The van der Waals surface area contributed by atoms with E-state index in [1.54, 1.807) is 24.3 Å². The van der Waals surface area contributed by atoms with E-state index in [0.717, 1.165) is 5.56 Å². The van der Waals surface area contributed by atoms with Gasteiger partial charge >= 0.3 is 0 Å². The molecule has 15 heavy (non-hydrogen) atoms. The number of benzene rings is 1. The van der Waals surface area contributed by atoms with Gasteiger partial charge < -0.3 is 5.11 Å². The molecule has 1 atom stereocenters. The maximum absolute atomic E-state index is 10.6. The van der Waals surface area contributed by atoms with Gasteiger partial charge in [-0.3, -0.25) is 4.55 Å². The van der Waals surface area contributed by atoms with E-state index in [4.69, 9.17) is 4.55 Å². The molecule has 1 aromatic carbocycles. The molecule has 5 heteroatoms. The zero-order valence-electron chi connectivity index (χ0n) is 8.16. The molecule has 0 unspecified atom stereocenters. The second kappa shape index (κ2) is 4.57. The van der Waals surface area contributed by atoms with Crippen molar-refractivity contribution in [2.45, 2.75) is 12.4 Å². The van der Waals surface area contributed by atoms with Crippen molar-refractivity contribution < 1.29 is 18.1 Å². The van der Waals surface area contributed by atoms with Crippen LogP contribution in [0.4, 0.5) is 0 Å². The molecule has 4 nitrogen and oxygen atoms in total. The highest BCUT2D eigenvalue weighted by Gasteiger charge is 2.20. The van der Waals surface area contributed by atoms with Gasteiger partial charge in [-0.25, -0.2) is 0 Å². The molecule has 0 amide bonds. The second-order valence-electron chi connectivity index (χ2n) is 3.17. The summed E-state index contributed by atoms with van der Waals surface area (Å²) in [6.07, 6.45) is 1.50. The van der Waals surface area contributed by atoms with Crippen LogP contribution in [0.1, 0.15) is 12.5 Å². The van der Waals surface area contributed by atoms with E-state index in [1.807, 2.05) is 6.07 Å². The summed E-state index contributed by atoms with van der Waals surface area (Å²) in [6, 6.07) is 8.93. The van der Waals surface area contributed by atoms with Crippen LogP contribution in [0.5, 0.6) is 0 Å². The molecular weight excluding hydrogens is 216 g/mol. The van der Waals surface area contributed by atoms with E-state index in [-0.39, 0.29) is 5.57 Å². The van der Waals surface area contributed by atoms with E-state index in [9.17, 15) is 13.5 Å². The normalized spacial score (nSPS) is 15.0. The largest absolute Gasteiger partial charge is 0.372 e. The van der Waals surface area contributed by atoms with Crippen LogP contribution in [-0.2, 0) is 10.1 Å². The van der Waals surface area contributed by atoms with Gasteiger partial charge in [0.1, 0.15) is 0 Å². The highest BCUT2D eigenvalue weighted by atomic mass is 32.2. The SMILES string of the molecule is C/C(=C\c1ccccc1)[C@H](O)S(=O)(=O)O. The van der Waals surface area contributed by atoms with Crippen LogP contribution < -0.4 is 0 Å². The monoisotopic (exact) mass is 228 g/mol. The molecule has 0 aliphatic carbocycles. The molecule has 0 aliphatic heterocycles. The minimum atomic E-state index is -4.43. The van der Waals surface area contributed by atoms with Gasteiger partial charge in [0.05, 0.1) is 0 Å². The third-order valence-electron chi connectivity index (χ3n) is 1.87. The van der Waals surface area contributed by atoms with Crippen molar-refractivity contribution in [3.8, 4) is 0 Å². The number of hydrogen-bond donors (Lipinski definition) is 2. The Morgan fingerprint density at radius 3 is 2.33 bits per heavy atom. The van der Waals surface area contributed by atoms with E-state index in [2.05, 4.69) is 0 Å². The van der Waals surface area contributed by atoms with Crippen molar-refractivity contribution in [1.29, 1.82) is 0 Å². The number of hydrogen-bond acceptors (Lipinski definition) is 3. The quantitative estimate of drug-likeness (QED) is 0.764. The number of aliphatic hydroxyl groups is 1. The lowest BCUT2D eigenvalue weighted by atomic mass is 10.1. The molecule has 2 N–H and O–H groups in total. The fourth-order valence-corrected chi connectivity index (χ4v) is 1.66. The Morgan fingerprint density at radius 1 is 1.33 bits per heavy atom. The molecule has 82 valence electrons. The van der Waals surface area contributed by atoms with Crippen LogP contribution in [0.15, 0.2) is 35.9 Å². The molecule has 0 heterocycles. The van der Waals surface area contributed by atoms with Crippen molar-refractivity contribution in [2.24, 2.45) is 0 Å². The summed E-state index contributed by atoms with van der Waals surface area (Å²) in [5, 5.41) is 9.21. The first-order valence-corrected chi connectivity index (χ1v) is 5.79. The Bertz CT molecular complexity index is 448. The number of aliphatic hydroxyl groups excluding tert-OH is 1. The van der Waals surface area contributed by atoms with E-state index in [0.29, 0.717) is 0 Å². The van der Waals surface area contributed by atoms with Crippen molar-refractivity contribution in [1.82, 2.24) is 0 Å². The van der Waals surface area contributed by atoms with E-state index in [1.165, 1.54) is 13.0 Å². The Kier molecular flexibility index (Phi) is 3.62. The van der Waals surface area contributed by atoms with E-state index >= 15 is 0 Å². The van der Waals surface area contributed by atoms with E-state index < -0.39 is 15.6 Å². The van der Waals surface area contributed by atoms with Crippen molar-refractivity contribution in [2.75, 3.05) is 0 Å². The van der Waals surface area contributed by atoms with Crippen LogP contribution in [0.2, 0.25) is 0 Å². The molecule has 0 fully saturated rings. The third kappa shape index (κ3) is 3.47. The first-order valence-electron chi connectivity index (χ1n) is 4.29. The lowest BCUT2D eigenvalue weighted by Gasteiger charge is -2.07.